The number of carbonyl (C=O) groups excluding carboxylic acids is 1. The SMILES string of the molecule is CC1CNCC1C(=O)Nc1ccc(NS(C)(=O)=O)cc1. The third kappa shape index (κ3) is 3.94. The van der Waals surface area contributed by atoms with E-state index in [-0.39, 0.29) is 11.8 Å². The molecule has 2 unspecified atom stereocenters. The Morgan fingerprint density at radius 2 is 1.80 bits per heavy atom. The zero-order chi connectivity index (χ0) is 14.8. The first-order valence-corrected chi connectivity index (χ1v) is 8.34. The molecule has 7 heteroatoms. The molecule has 0 bridgehead atoms. The second kappa shape index (κ2) is 5.80. The lowest BCUT2D eigenvalue weighted by Gasteiger charge is -2.14. The first-order valence-electron chi connectivity index (χ1n) is 6.44. The molecule has 1 aliphatic rings. The highest BCUT2D eigenvalue weighted by molar-refractivity contribution is 7.92. The minimum atomic E-state index is -3.28. The van der Waals surface area contributed by atoms with Gasteiger partial charge in [-0.15, -0.1) is 0 Å². The summed E-state index contributed by atoms with van der Waals surface area (Å²) < 4.78 is 24.5. The van der Waals surface area contributed by atoms with E-state index < -0.39 is 10.0 Å². The first kappa shape index (κ1) is 14.8. The lowest BCUT2D eigenvalue weighted by Crippen LogP contribution is -2.27. The van der Waals surface area contributed by atoms with Crippen LogP contribution in [0.15, 0.2) is 24.3 Å². The maximum Gasteiger partial charge on any atom is 0.229 e. The molecular weight excluding hydrogens is 278 g/mol. The van der Waals surface area contributed by atoms with Gasteiger partial charge in [-0.05, 0) is 36.7 Å². The molecule has 2 rings (SSSR count). The molecule has 0 aliphatic carbocycles. The van der Waals surface area contributed by atoms with E-state index >= 15 is 0 Å². The highest BCUT2D eigenvalue weighted by atomic mass is 32.2. The molecule has 1 amide bonds. The van der Waals surface area contributed by atoms with Gasteiger partial charge in [-0.2, -0.15) is 0 Å². The van der Waals surface area contributed by atoms with E-state index in [1.807, 2.05) is 6.92 Å². The molecule has 1 aromatic rings. The summed E-state index contributed by atoms with van der Waals surface area (Å²) in [5, 5.41) is 6.03. The van der Waals surface area contributed by atoms with Crippen molar-refractivity contribution >= 4 is 27.3 Å². The number of sulfonamides is 1. The predicted molar refractivity (Wildman–Crippen MR) is 79.1 cm³/mol. The Bertz CT molecular complexity index is 583. The van der Waals surface area contributed by atoms with Gasteiger partial charge in [0.2, 0.25) is 15.9 Å². The van der Waals surface area contributed by atoms with E-state index in [1.165, 1.54) is 0 Å². The van der Waals surface area contributed by atoms with Gasteiger partial charge in [0.25, 0.3) is 0 Å². The van der Waals surface area contributed by atoms with Crippen LogP contribution in [0.25, 0.3) is 0 Å². The van der Waals surface area contributed by atoms with E-state index in [4.69, 9.17) is 0 Å². The molecule has 1 aromatic carbocycles. The largest absolute Gasteiger partial charge is 0.326 e. The third-order valence-corrected chi connectivity index (χ3v) is 3.92. The molecule has 0 spiro atoms. The average molecular weight is 297 g/mol. The predicted octanol–water partition coefficient (Wildman–Crippen LogP) is 0.852. The number of anilines is 2. The minimum absolute atomic E-state index is 0.00803. The summed E-state index contributed by atoms with van der Waals surface area (Å²) in [4.78, 5) is 12.1. The molecule has 0 aromatic heterocycles. The fourth-order valence-corrected chi connectivity index (χ4v) is 2.80. The number of carbonyl (C=O) groups is 1. The van der Waals surface area contributed by atoms with E-state index in [0.717, 1.165) is 12.8 Å². The summed E-state index contributed by atoms with van der Waals surface area (Å²) in [5.74, 6) is 0.288. The van der Waals surface area contributed by atoms with Gasteiger partial charge in [0.15, 0.2) is 0 Å². The standard InChI is InChI=1S/C13H19N3O3S/c1-9-7-14-8-12(9)13(17)15-10-3-5-11(6-4-10)16-20(2,18)19/h3-6,9,12,14,16H,7-8H2,1-2H3,(H,15,17). The molecule has 110 valence electrons. The van der Waals surface area contributed by atoms with Crippen LogP contribution in [0.2, 0.25) is 0 Å². The van der Waals surface area contributed by atoms with Crippen molar-refractivity contribution in [2.45, 2.75) is 6.92 Å². The zero-order valence-corrected chi connectivity index (χ0v) is 12.3. The van der Waals surface area contributed by atoms with Gasteiger partial charge in [-0.1, -0.05) is 6.92 Å². The van der Waals surface area contributed by atoms with Crippen molar-refractivity contribution in [3.63, 3.8) is 0 Å². The van der Waals surface area contributed by atoms with Crippen LogP contribution in [0.1, 0.15) is 6.92 Å². The molecule has 0 saturated carbocycles. The second-order valence-electron chi connectivity index (χ2n) is 5.18. The number of hydrogen-bond acceptors (Lipinski definition) is 4. The lowest BCUT2D eigenvalue weighted by molar-refractivity contribution is -0.120. The first-order chi connectivity index (χ1) is 9.35. The highest BCUT2D eigenvalue weighted by Crippen LogP contribution is 2.19. The van der Waals surface area contributed by atoms with Gasteiger partial charge in [0.05, 0.1) is 12.2 Å². The van der Waals surface area contributed by atoms with Gasteiger partial charge in [0.1, 0.15) is 0 Å². The Kier molecular flexibility index (Phi) is 4.29. The summed E-state index contributed by atoms with van der Waals surface area (Å²) in [6.07, 6.45) is 1.09. The molecule has 1 saturated heterocycles. The van der Waals surface area contributed by atoms with Gasteiger partial charge < -0.3 is 10.6 Å². The number of rotatable bonds is 4. The monoisotopic (exact) mass is 297 g/mol. The van der Waals surface area contributed by atoms with Crippen LogP contribution in [0.3, 0.4) is 0 Å². The number of amides is 1. The maximum atomic E-state index is 12.1. The molecule has 20 heavy (non-hydrogen) atoms. The van der Waals surface area contributed by atoms with Crippen LogP contribution < -0.4 is 15.4 Å². The fraction of sp³-hybridized carbons (Fsp3) is 0.462. The molecule has 3 N–H and O–H groups in total. The van der Waals surface area contributed by atoms with E-state index in [1.54, 1.807) is 24.3 Å². The average Bonchev–Trinajstić information content (AvgIpc) is 2.76. The smallest absolute Gasteiger partial charge is 0.229 e. The van der Waals surface area contributed by atoms with Crippen molar-refractivity contribution < 1.29 is 13.2 Å². The number of nitrogens with one attached hydrogen (secondary N) is 3. The van der Waals surface area contributed by atoms with Crippen molar-refractivity contribution in [3.8, 4) is 0 Å². The van der Waals surface area contributed by atoms with E-state index in [9.17, 15) is 13.2 Å². The van der Waals surface area contributed by atoms with Crippen LogP contribution in [-0.4, -0.2) is 33.7 Å². The van der Waals surface area contributed by atoms with Crippen LogP contribution in [0.4, 0.5) is 11.4 Å². The molecular formula is C13H19N3O3S. The van der Waals surface area contributed by atoms with Crippen molar-refractivity contribution in [3.05, 3.63) is 24.3 Å². The second-order valence-corrected chi connectivity index (χ2v) is 6.93. The summed E-state index contributed by atoms with van der Waals surface area (Å²) in [6.45, 7) is 3.60. The summed E-state index contributed by atoms with van der Waals surface area (Å²) in [5.41, 5.74) is 1.13. The van der Waals surface area contributed by atoms with Crippen molar-refractivity contribution in [1.29, 1.82) is 0 Å². The Hall–Kier alpha value is -1.60. The third-order valence-electron chi connectivity index (χ3n) is 3.31. The van der Waals surface area contributed by atoms with Crippen molar-refractivity contribution in [2.24, 2.45) is 11.8 Å². The van der Waals surface area contributed by atoms with Crippen LogP contribution in [0.5, 0.6) is 0 Å². The van der Waals surface area contributed by atoms with E-state index in [2.05, 4.69) is 15.4 Å². The minimum Gasteiger partial charge on any atom is -0.326 e. The van der Waals surface area contributed by atoms with Crippen LogP contribution in [-0.2, 0) is 14.8 Å². The van der Waals surface area contributed by atoms with Gasteiger partial charge >= 0.3 is 0 Å². The molecule has 1 aliphatic heterocycles. The number of hydrogen-bond donors (Lipinski definition) is 3. The molecule has 1 heterocycles. The fourth-order valence-electron chi connectivity index (χ4n) is 2.23. The van der Waals surface area contributed by atoms with E-state index in [0.29, 0.717) is 23.8 Å². The van der Waals surface area contributed by atoms with Crippen LogP contribution in [0, 0.1) is 11.8 Å². The van der Waals surface area contributed by atoms with Crippen LogP contribution >= 0.6 is 0 Å². The number of benzene rings is 1. The Morgan fingerprint density at radius 1 is 1.20 bits per heavy atom. The summed E-state index contributed by atoms with van der Waals surface area (Å²) in [6, 6.07) is 6.59. The topological polar surface area (TPSA) is 87.3 Å². The van der Waals surface area contributed by atoms with Gasteiger partial charge in [-0.25, -0.2) is 8.42 Å². The zero-order valence-electron chi connectivity index (χ0n) is 11.5. The quantitative estimate of drug-likeness (QED) is 0.769. The normalized spacial score (nSPS) is 22.5. The van der Waals surface area contributed by atoms with Gasteiger partial charge in [-0.3, -0.25) is 9.52 Å². The Morgan fingerprint density at radius 3 is 2.30 bits per heavy atom. The molecule has 2 atom stereocenters. The maximum absolute atomic E-state index is 12.1. The molecule has 0 radical (unpaired) electrons. The Balaban J connectivity index is 1.98. The molecule has 6 nitrogen and oxygen atoms in total. The lowest BCUT2D eigenvalue weighted by atomic mass is 9.97. The summed E-state index contributed by atoms with van der Waals surface area (Å²) >= 11 is 0. The molecule has 1 fully saturated rings. The summed E-state index contributed by atoms with van der Waals surface area (Å²) in [7, 11) is -3.28. The van der Waals surface area contributed by atoms with Gasteiger partial charge in [0, 0.05) is 17.9 Å². The highest BCUT2D eigenvalue weighted by Gasteiger charge is 2.29. The van der Waals surface area contributed by atoms with Crippen molar-refractivity contribution in [2.75, 3.05) is 29.4 Å². The Labute approximate surface area is 119 Å². The van der Waals surface area contributed by atoms with Crippen molar-refractivity contribution in [1.82, 2.24) is 5.32 Å².